The van der Waals surface area contributed by atoms with E-state index in [4.69, 9.17) is 4.74 Å². The number of hydrogen-bond donors (Lipinski definition) is 1. The molecule has 3 nitrogen and oxygen atoms in total. The fourth-order valence-corrected chi connectivity index (χ4v) is 0.744. The third-order valence-electron chi connectivity index (χ3n) is 2.36. The number of carbonyl (C=O) groups excluding carboxylic acids is 1. The van der Waals surface area contributed by atoms with Crippen LogP contribution in [0, 0.1) is 5.41 Å². The Morgan fingerprint density at radius 2 is 1.81 bits per heavy atom. The van der Waals surface area contributed by atoms with Gasteiger partial charge in [-0.15, -0.1) is 0 Å². The molecule has 0 saturated carbocycles. The van der Waals surface area contributed by atoms with E-state index >= 15 is 0 Å². The van der Waals surface area contributed by atoms with E-state index in [0.29, 0.717) is 6.61 Å². The first-order valence-corrected chi connectivity index (χ1v) is 6.31. The van der Waals surface area contributed by atoms with Crippen molar-refractivity contribution in [2.24, 2.45) is 5.41 Å². The van der Waals surface area contributed by atoms with Crippen LogP contribution < -0.4 is 5.32 Å². The lowest BCUT2D eigenvalue weighted by molar-refractivity contribution is 0.133. The lowest BCUT2D eigenvalue weighted by atomic mass is 9.88. The summed E-state index contributed by atoms with van der Waals surface area (Å²) in [5.41, 5.74) is 0.0732. The standard InChI is InChI=1S/C11H23NO2.C2H6/c1-6-7-8-14-10(13)12-9(2)11(3,4)5;1-2/h9H,6-8H2,1-5H3,(H,12,13);1-2H3. The number of unbranched alkanes of at least 4 members (excludes halogenated alkanes) is 1. The van der Waals surface area contributed by atoms with Crippen molar-refractivity contribution in [3.63, 3.8) is 0 Å². The first kappa shape index (κ1) is 17.7. The van der Waals surface area contributed by atoms with Gasteiger partial charge in [-0.25, -0.2) is 4.79 Å². The molecule has 1 atom stereocenters. The Kier molecular flexibility index (Phi) is 10.5. The molecule has 0 radical (unpaired) electrons. The second-order valence-electron chi connectivity index (χ2n) is 4.72. The van der Waals surface area contributed by atoms with Crippen molar-refractivity contribution in [1.29, 1.82) is 0 Å². The van der Waals surface area contributed by atoms with Gasteiger partial charge in [0.25, 0.3) is 0 Å². The molecule has 0 aliphatic heterocycles. The maximum atomic E-state index is 11.2. The fraction of sp³-hybridized carbons (Fsp3) is 0.923. The first-order valence-electron chi connectivity index (χ1n) is 6.31. The lowest BCUT2D eigenvalue weighted by Crippen LogP contribution is -2.41. The van der Waals surface area contributed by atoms with Crippen molar-refractivity contribution in [1.82, 2.24) is 5.32 Å². The zero-order valence-corrected chi connectivity index (χ0v) is 12.0. The molecule has 0 heterocycles. The Balaban J connectivity index is 0. The summed E-state index contributed by atoms with van der Waals surface area (Å²) >= 11 is 0. The molecule has 0 aromatic heterocycles. The van der Waals surface area contributed by atoms with Crippen molar-refractivity contribution in [3.8, 4) is 0 Å². The average molecular weight is 231 g/mol. The molecule has 0 spiro atoms. The molecule has 0 aromatic carbocycles. The van der Waals surface area contributed by atoms with Gasteiger partial charge in [-0.05, 0) is 18.8 Å². The van der Waals surface area contributed by atoms with Crippen molar-refractivity contribution in [2.45, 2.75) is 67.3 Å². The number of nitrogens with one attached hydrogen (secondary N) is 1. The Hall–Kier alpha value is -0.730. The molecule has 16 heavy (non-hydrogen) atoms. The van der Waals surface area contributed by atoms with Gasteiger partial charge in [0.2, 0.25) is 0 Å². The molecule has 0 bridgehead atoms. The Bertz CT molecular complexity index is 173. The maximum Gasteiger partial charge on any atom is 0.407 e. The molecule has 1 unspecified atom stereocenters. The minimum atomic E-state index is -0.305. The normalized spacial score (nSPS) is 12.2. The zero-order chi connectivity index (χ0) is 13.2. The van der Waals surface area contributed by atoms with Crippen LogP contribution in [0.3, 0.4) is 0 Å². The summed E-state index contributed by atoms with van der Waals surface area (Å²) in [5, 5.41) is 2.82. The van der Waals surface area contributed by atoms with Crippen LogP contribution in [0.25, 0.3) is 0 Å². The molecule has 1 N–H and O–H groups in total. The lowest BCUT2D eigenvalue weighted by Gasteiger charge is -2.27. The number of alkyl carbamates (subject to hydrolysis) is 1. The van der Waals surface area contributed by atoms with E-state index in [9.17, 15) is 4.79 Å². The minimum Gasteiger partial charge on any atom is -0.450 e. The molecule has 0 aromatic rings. The molecule has 0 rings (SSSR count). The summed E-state index contributed by atoms with van der Waals surface area (Å²) in [5.74, 6) is 0. The molecular formula is C13H29NO2. The van der Waals surface area contributed by atoms with Crippen LogP contribution in [0.2, 0.25) is 0 Å². The van der Waals surface area contributed by atoms with Crippen LogP contribution in [-0.2, 0) is 4.74 Å². The van der Waals surface area contributed by atoms with Crippen LogP contribution in [0.15, 0.2) is 0 Å². The second-order valence-corrected chi connectivity index (χ2v) is 4.72. The Morgan fingerprint density at radius 3 is 2.19 bits per heavy atom. The summed E-state index contributed by atoms with van der Waals surface area (Å²) in [6.45, 7) is 14.8. The third-order valence-corrected chi connectivity index (χ3v) is 2.36. The molecule has 0 aliphatic rings. The van der Waals surface area contributed by atoms with Gasteiger partial charge in [0, 0.05) is 6.04 Å². The van der Waals surface area contributed by atoms with Gasteiger partial charge >= 0.3 is 6.09 Å². The average Bonchev–Trinajstić information content (AvgIpc) is 2.19. The van der Waals surface area contributed by atoms with Crippen molar-refractivity contribution in [3.05, 3.63) is 0 Å². The van der Waals surface area contributed by atoms with Gasteiger partial charge in [-0.2, -0.15) is 0 Å². The minimum absolute atomic E-state index is 0.0732. The van der Waals surface area contributed by atoms with Gasteiger partial charge in [0.05, 0.1) is 6.61 Å². The number of rotatable bonds is 4. The molecule has 0 saturated heterocycles. The van der Waals surface area contributed by atoms with Gasteiger partial charge < -0.3 is 10.1 Å². The highest BCUT2D eigenvalue weighted by atomic mass is 16.5. The summed E-state index contributed by atoms with van der Waals surface area (Å²) in [6.07, 6.45) is 1.67. The highest BCUT2D eigenvalue weighted by molar-refractivity contribution is 5.67. The van der Waals surface area contributed by atoms with E-state index in [1.807, 2.05) is 20.8 Å². The van der Waals surface area contributed by atoms with Gasteiger partial charge in [0.15, 0.2) is 0 Å². The summed E-state index contributed by atoms with van der Waals surface area (Å²) in [6, 6.07) is 0.122. The largest absolute Gasteiger partial charge is 0.450 e. The second kappa shape index (κ2) is 9.49. The summed E-state index contributed by atoms with van der Waals surface area (Å²) in [7, 11) is 0. The number of hydrogen-bond acceptors (Lipinski definition) is 2. The zero-order valence-electron chi connectivity index (χ0n) is 12.0. The predicted octanol–water partition coefficient (Wildman–Crippen LogP) is 3.97. The van der Waals surface area contributed by atoms with Gasteiger partial charge in [0.1, 0.15) is 0 Å². The van der Waals surface area contributed by atoms with Crippen LogP contribution in [-0.4, -0.2) is 18.7 Å². The Morgan fingerprint density at radius 1 is 1.31 bits per heavy atom. The molecule has 0 fully saturated rings. The molecule has 98 valence electrons. The maximum absolute atomic E-state index is 11.2. The van der Waals surface area contributed by atoms with Crippen molar-refractivity contribution in [2.75, 3.05) is 6.61 Å². The van der Waals surface area contributed by atoms with E-state index in [0.717, 1.165) is 12.8 Å². The van der Waals surface area contributed by atoms with Gasteiger partial charge in [-0.3, -0.25) is 0 Å². The van der Waals surface area contributed by atoms with Crippen LogP contribution >= 0.6 is 0 Å². The quantitative estimate of drug-likeness (QED) is 0.743. The summed E-state index contributed by atoms with van der Waals surface area (Å²) < 4.78 is 5.00. The number of carbonyl (C=O) groups is 1. The van der Waals surface area contributed by atoms with E-state index < -0.39 is 0 Å². The van der Waals surface area contributed by atoms with Crippen LogP contribution in [0.4, 0.5) is 4.79 Å². The SMILES string of the molecule is CC.CCCCOC(=O)NC(C)C(C)(C)C. The summed E-state index contributed by atoms with van der Waals surface area (Å²) in [4.78, 5) is 11.2. The monoisotopic (exact) mass is 231 g/mol. The number of ether oxygens (including phenoxy) is 1. The molecule has 1 amide bonds. The predicted molar refractivity (Wildman–Crippen MR) is 69.7 cm³/mol. The molecular weight excluding hydrogens is 202 g/mol. The highest BCUT2D eigenvalue weighted by Gasteiger charge is 2.21. The van der Waals surface area contributed by atoms with E-state index in [-0.39, 0.29) is 17.6 Å². The van der Waals surface area contributed by atoms with E-state index in [1.165, 1.54) is 0 Å². The fourth-order valence-electron chi connectivity index (χ4n) is 0.744. The first-order chi connectivity index (χ1) is 7.38. The Labute approximate surface area is 101 Å². The third kappa shape index (κ3) is 9.81. The van der Waals surface area contributed by atoms with Crippen molar-refractivity contribution >= 4 is 6.09 Å². The highest BCUT2D eigenvalue weighted by Crippen LogP contribution is 2.18. The topological polar surface area (TPSA) is 38.3 Å². The van der Waals surface area contributed by atoms with Crippen LogP contribution in [0.1, 0.15) is 61.3 Å². The van der Waals surface area contributed by atoms with Crippen molar-refractivity contribution < 1.29 is 9.53 Å². The molecule has 0 aliphatic carbocycles. The molecule has 3 heteroatoms. The van der Waals surface area contributed by atoms with E-state index in [1.54, 1.807) is 0 Å². The van der Waals surface area contributed by atoms with E-state index in [2.05, 4.69) is 33.0 Å². The number of amides is 1. The van der Waals surface area contributed by atoms with Gasteiger partial charge in [-0.1, -0.05) is 48.0 Å². The van der Waals surface area contributed by atoms with Crippen LogP contribution in [0.5, 0.6) is 0 Å². The smallest absolute Gasteiger partial charge is 0.407 e.